The average Bonchev–Trinajstić information content (AvgIpc) is 3.25. The Morgan fingerprint density at radius 3 is 3.00 bits per heavy atom. The first-order valence-corrected chi connectivity index (χ1v) is 8.55. The zero-order valence-electron chi connectivity index (χ0n) is 12.1. The lowest BCUT2D eigenvalue weighted by atomic mass is 10.2. The molecule has 1 fully saturated rings. The summed E-state index contributed by atoms with van der Waals surface area (Å²) < 4.78 is 4.65. The summed E-state index contributed by atoms with van der Waals surface area (Å²) in [5.74, 6) is 1.06. The highest BCUT2D eigenvalue weighted by molar-refractivity contribution is 7.99. The molecule has 23 heavy (non-hydrogen) atoms. The molecule has 1 unspecified atom stereocenters. The van der Waals surface area contributed by atoms with Crippen molar-refractivity contribution < 1.29 is 14.3 Å². The van der Waals surface area contributed by atoms with Gasteiger partial charge < -0.3 is 15.0 Å². The largest absolute Gasteiger partial charge is 0.464 e. The number of halogens is 1. The summed E-state index contributed by atoms with van der Waals surface area (Å²) in [5, 5.41) is 8.29. The van der Waals surface area contributed by atoms with Crippen LogP contribution in [0.15, 0.2) is 17.6 Å². The quantitative estimate of drug-likeness (QED) is 0.708. The van der Waals surface area contributed by atoms with Gasteiger partial charge in [-0.15, -0.1) is 35.5 Å². The fourth-order valence-corrected chi connectivity index (χ4v) is 3.65. The zero-order chi connectivity index (χ0) is 15.5. The van der Waals surface area contributed by atoms with Gasteiger partial charge in [-0.3, -0.25) is 10.1 Å². The van der Waals surface area contributed by atoms with Crippen LogP contribution in [0.2, 0.25) is 0 Å². The molecule has 0 radical (unpaired) electrons. The molecule has 3 N–H and O–H groups in total. The fourth-order valence-electron chi connectivity index (χ4n) is 1.99. The van der Waals surface area contributed by atoms with Gasteiger partial charge in [0.15, 0.2) is 5.13 Å². The van der Waals surface area contributed by atoms with Crippen molar-refractivity contribution in [1.29, 1.82) is 0 Å². The van der Waals surface area contributed by atoms with Crippen molar-refractivity contribution >= 4 is 52.5 Å². The molecule has 1 atom stereocenters. The number of nitrogens with zero attached hydrogens (tertiary/aromatic N) is 1. The van der Waals surface area contributed by atoms with E-state index in [0.717, 1.165) is 17.2 Å². The van der Waals surface area contributed by atoms with Crippen LogP contribution in [0.25, 0.3) is 11.3 Å². The number of anilines is 1. The number of H-pyrrole nitrogens is 1. The van der Waals surface area contributed by atoms with Crippen molar-refractivity contribution in [1.82, 2.24) is 15.3 Å². The smallest absolute Gasteiger partial charge is 0.354 e. The van der Waals surface area contributed by atoms with Crippen LogP contribution >= 0.6 is 35.5 Å². The number of methoxy groups -OCH3 is 1. The van der Waals surface area contributed by atoms with E-state index in [2.05, 4.69) is 25.3 Å². The molecule has 0 aliphatic carbocycles. The second kappa shape index (κ2) is 7.82. The number of thioether (sulfide) groups is 1. The van der Waals surface area contributed by atoms with E-state index in [1.807, 2.05) is 5.38 Å². The number of hydrogen-bond acceptors (Lipinski definition) is 7. The number of aromatic nitrogens is 2. The SMILES string of the molecule is COC(=O)c1cc(-c2csc(NC(=O)C3CSCN3)n2)c[nH]1.Cl. The van der Waals surface area contributed by atoms with Crippen LogP contribution in [-0.4, -0.2) is 46.6 Å². The third kappa shape index (κ3) is 4.05. The molecule has 2 aromatic rings. The molecule has 1 aliphatic rings. The molecule has 1 saturated heterocycles. The zero-order valence-corrected chi connectivity index (χ0v) is 14.6. The van der Waals surface area contributed by atoms with Gasteiger partial charge in [0.05, 0.1) is 18.8 Å². The van der Waals surface area contributed by atoms with E-state index in [-0.39, 0.29) is 24.4 Å². The normalized spacial score (nSPS) is 16.7. The number of amides is 1. The van der Waals surface area contributed by atoms with Crippen molar-refractivity contribution in [2.24, 2.45) is 0 Å². The van der Waals surface area contributed by atoms with Gasteiger partial charge in [0.2, 0.25) is 5.91 Å². The summed E-state index contributed by atoms with van der Waals surface area (Å²) in [6, 6.07) is 1.50. The Morgan fingerprint density at radius 1 is 1.48 bits per heavy atom. The van der Waals surface area contributed by atoms with Crippen molar-refractivity contribution in [3.63, 3.8) is 0 Å². The Morgan fingerprint density at radius 2 is 2.30 bits per heavy atom. The Kier molecular flexibility index (Phi) is 6.05. The second-order valence-corrected chi connectivity index (χ2v) is 6.48. The Balaban J connectivity index is 0.00000192. The molecular formula is C13H15ClN4O3S2. The van der Waals surface area contributed by atoms with Gasteiger partial charge in [0.1, 0.15) is 5.69 Å². The van der Waals surface area contributed by atoms with Crippen LogP contribution in [0.4, 0.5) is 5.13 Å². The van der Waals surface area contributed by atoms with Gasteiger partial charge in [-0.2, -0.15) is 0 Å². The summed E-state index contributed by atoms with van der Waals surface area (Å²) in [7, 11) is 1.33. The number of aromatic amines is 1. The van der Waals surface area contributed by atoms with E-state index < -0.39 is 5.97 Å². The molecule has 10 heteroatoms. The predicted octanol–water partition coefficient (Wildman–Crippen LogP) is 1.95. The highest BCUT2D eigenvalue weighted by Gasteiger charge is 2.23. The lowest BCUT2D eigenvalue weighted by Crippen LogP contribution is -2.37. The van der Waals surface area contributed by atoms with Crippen LogP contribution in [0, 0.1) is 0 Å². The third-order valence-corrected chi connectivity index (χ3v) is 4.85. The molecule has 1 amide bonds. The van der Waals surface area contributed by atoms with Crippen LogP contribution in [0.1, 0.15) is 10.5 Å². The highest BCUT2D eigenvalue weighted by Crippen LogP contribution is 2.26. The minimum absolute atomic E-state index is 0. The summed E-state index contributed by atoms with van der Waals surface area (Å²) in [4.78, 5) is 30.6. The maximum Gasteiger partial charge on any atom is 0.354 e. The maximum atomic E-state index is 12.0. The summed E-state index contributed by atoms with van der Waals surface area (Å²) in [6.07, 6.45) is 1.68. The molecule has 0 aromatic carbocycles. The van der Waals surface area contributed by atoms with Gasteiger partial charge in [-0.25, -0.2) is 9.78 Å². The van der Waals surface area contributed by atoms with Crippen molar-refractivity contribution in [2.45, 2.75) is 6.04 Å². The number of carbonyl (C=O) groups excluding carboxylic acids is 2. The molecule has 0 bridgehead atoms. The van der Waals surface area contributed by atoms with Crippen LogP contribution < -0.4 is 10.6 Å². The van der Waals surface area contributed by atoms with Crippen LogP contribution in [0.3, 0.4) is 0 Å². The number of carbonyl (C=O) groups is 2. The van der Waals surface area contributed by atoms with Gasteiger partial charge >= 0.3 is 5.97 Å². The number of ether oxygens (including phenoxy) is 1. The number of esters is 1. The Bertz CT molecular complexity index is 697. The van der Waals surface area contributed by atoms with E-state index in [0.29, 0.717) is 16.5 Å². The molecule has 2 aromatic heterocycles. The molecule has 124 valence electrons. The first-order chi connectivity index (χ1) is 10.7. The van der Waals surface area contributed by atoms with E-state index in [4.69, 9.17) is 0 Å². The van der Waals surface area contributed by atoms with E-state index in [1.165, 1.54) is 18.4 Å². The topological polar surface area (TPSA) is 96.1 Å². The molecular weight excluding hydrogens is 360 g/mol. The molecule has 3 heterocycles. The van der Waals surface area contributed by atoms with Crippen LogP contribution in [-0.2, 0) is 9.53 Å². The van der Waals surface area contributed by atoms with Gasteiger partial charge in [-0.05, 0) is 6.07 Å². The van der Waals surface area contributed by atoms with E-state index in [9.17, 15) is 9.59 Å². The van der Waals surface area contributed by atoms with Crippen LogP contribution in [0.5, 0.6) is 0 Å². The lowest BCUT2D eigenvalue weighted by Gasteiger charge is -2.07. The lowest BCUT2D eigenvalue weighted by molar-refractivity contribution is -0.117. The first-order valence-electron chi connectivity index (χ1n) is 6.52. The standard InChI is InChI=1S/C13H14N4O3S2.ClH/c1-20-12(19)8-2-7(3-14-8)9-5-22-13(16-9)17-11(18)10-4-21-6-15-10;/h2-3,5,10,14-15H,4,6H2,1H3,(H,16,17,18);1H. The van der Waals surface area contributed by atoms with Crippen molar-refractivity contribution in [3.05, 3.63) is 23.3 Å². The molecule has 0 saturated carbocycles. The number of rotatable bonds is 4. The molecule has 7 nitrogen and oxygen atoms in total. The summed E-state index contributed by atoms with van der Waals surface area (Å²) in [5.41, 5.74) is 1.83. The number of nitrogens with one attached hydrogen (secondary N) is 3. The maximum absolute atomic E-state index is 12.0. The minimum Gasteiger partial charge on any atom is -0.464 e. The van der Waals surface area contributed by atoms with E-state index >= 15 is 0 Å². The fraction of sp³-hybridized carbons (Fsp3) is 0.308. The summed E-state index contributed by atoms with van der Waals surface area (Å²) in [6.45, 7) is 0. The monoisotopic (exact) mass is 374 g/mol. The number of hydrogen-bond donors (Lipinski definition) is 3. The number of thiazole rings is 1. The van der Waals surface area contributed by atoms with E-state index in [1.54, 1.807) is 24.0 Å². The van der Waals surface area contributed by atoms with Gasteiger partial charge in [0, 0.05) is 28.8 Å². The highest BCUT2D eigenvalue weighted by atomic mass is 35.5. The Labute approximate surface area is 147 Å². The van der Waals surface area contributed by atoms with Gasteiger partial charge in [0.25, 0.3) is 0 Å². The molecule has 0 spiro atoms. The Hall–Kier alpha value is -1.55. The first kappa shape index (κ1) is 17.8. The van der Waals surface area contributed by atoms with Gasteiger partial charge in [-0.1, -0.05) is 0 Å². The average molecular weight is 375 g/mol. The third-order valence-electron chi connectivity index (χ3n) is 3.15. The second-order valence-electron chi connectivity index (χ2n) is 4.59. The molecule has 1 aliphatic heterocycles. The predicted molar refractivity (Wildman–Crippen MR) is 93.4 cm³/mol. The summed E-state index contributed by atoms with van der Waals surface area (Å²) >= 11 is 3.04. The molecule has 3 rings (SSSR count). The van der Waals surface area contributed by atoms with Crippen molar-refractivity contribution in [2.75, 3.05) is 24.1 Å². The van der Waals surface area contributed by atoms with Crippen molar-refractivity contribution in [3.8, 4) is 11.3 Å². The minimum atomic E-state index is -0.431.